The molecule has 0 aliphatic carbocycles. The average molecular weight is 193 g/mol. The molecule has 4 heteroatoms. The molecule has 0 radical (unpaired) electrons. The van der Waals surface area contributed by atoms with Crippen molar-refractivity contribution in [3.63, 3.8) is 0 Å². The first kappa shape index (κ1) is 5.32. The first-order valence-corrected chi connectivity index (χ1v) is 4.22. The summed E-state index contributed by atoms with van der Waals surface area (Å²) in [5.41, 5.74) is 5.29. The molecule has 0 heterocycles. The van der Waals surface area contributed by atoms with E-state index in [0.29, 0.717) is 19.4 Å². The second-order valence-corrected chi connectivity index (χ2v) is 2.48. The van der Waals surface area contributed by atoms with E-state index in [1.165, 1.54) is 0 Å². The smallest absolute Gasteiger partial charge is 0.216 e. The zero-order chi connectivity index (χ0) is 15.3. The van der Waals surface area contributed by atoms with Crippen LogP contribution >= 0.6 is 0 Å². The predicted octanol–water partition coefficient (Wildman–Crippen LogP) is -0.159. The minimum absolute atomic E-state index is 0.167. The largest absolute Gasteiger partial charge is 0.356 e. The zero-order valence-electron chi connectivity index (χ0n) is 13.8. The third-order valence-electron chi connectivity index (χ3n) is 1.21. The summed E-state index contributed by atoms with van der Waals surface area (Å²) in [6.45, 7) is -3.81. The highest BCUT2D eigenvalue weighted by Gasteiger charge is 1.90. The van der Waals surface area contributed by atoms with Gasteiger partial charge in [0.05, 0.1) is 0 Å². The third kappa shape index (κ3) is 11.4. The van der Waals surface area contributed by atoms with Gasteiger partial charge in [-0.25, -0.2) is 0 Å². The lowest BCUT2D eigenvalue weighted by atomic mass is 10.3. The fourth-order valence-electron chi connectivity index (χ4n) is 0.615. The maximum Gasteiger partial charge on any atom is 0.216 e. The van der Waals surface area contributed by atoms with E-state index in [9.17, 15) is 4.79 Å². The Hall–Kier alpha value is -0.610. The van der Waals surface area contributed by atoms with Crippen molar-refractivity contribution in [2.45, 2.75) is 26.1 Å². The van der Waals surface area contributed by atoms with Gasteiger partial charge in [-0.05, 0) is 38.8 Å². The van der Waals surface area contributed by atoms with Crippen molar-refractivity contribution in [2.24, 2.45) is 5.73 Å². The van der Waals surface area contributed by atoms with Gasteiger partial charge in [0.1, 0.15) is 0 Å². The van der Waals surface area contributed by atoms with Crippen LogP contribution in [0.1, 0.15) is 34.4 Å². The summed E-state index contributed by atoms with van der Waals surface area (Å²) in [5.74, 6) is -0.771. The number of carbonyl (C=O) groups excluding carboxylic acids is 1. The molecule has 4 nitrogen and oxygen atoms in total. The maximum absolute atomic E-state index is 10.9. The van der Waals surface area contributed by atoms with Crippen molar-refractivity contribution in [3.05, 3.63) is 0 Å². The quantitative estimate of drug-likeness (QED) is 0.469. The summed E-state index contributed by atoms with van der Waals surface area (Å²) < 4.78 is 45.5. The number of nitrogens with one attached hydrogen (secondary N) is 2. The van der Waals surface area contributed by atoms with Crippen LogP contribution in [0.3, 0.4) is 0 Å². The molecule has 0 fully saturated rings. The van der Waals surface area contributed by atoms with E-state index >= 15 is 0 Å². The molecule has 0 atom stereocenters. The van der Waals surface area contributed by atoms with Crippen LogP contribution in [0.4, 0.5) is 0 Å². The second-order valence-electron chi connectivity index (χ2n) is 2.48. The van der Waals surface area contributed by atoms with E-state index in [4.69, 9.17) is 14.0 Å². The Morgan fingerprint density at radius 2 is 2.23 bits per heavy atom. The standard InChI is InChI=1S/C9H21N3O/c1-9(13)12-8-4-7-11-6-3-2-5-10/h11H,2-8,10H2,1H3,(H,12,13)/i4D2,7D2,8D2. The van der Waals surface area contributed by atoms with E-state index in [-0.39, 0.29) is 6.54 Å². The van der Waals surface area contributed by atoms with E-state index in [1.54, 1.807) is 5.32 Å². The Labute approximate surface area is 88.7 Å². The molecule has 78 valence electrons. The molecule has 1 amide bonds. The lowest BCUT2D eigenvalue weighted by Crippen LogP contribution is -2.25. The minimum Gasteiger partial charge on any atom is -0.356 e. The molecule has 4 N–H and O–H groups in total. The van der Waals surface area contributed by atoms with E-state index in [2.05, 4.69) is 5.32 Å². The first-order valence-electron chi connectivity index (χ1n) is 7.22. The summed E-state index contributed by atoms with van der Waals surface area (Å²) >= 11 is 0. The third-order valence-corrected chi connectivity index (χ3v) is 1.21. The first-order chi connectivity index (χ1) is 8.48. The maximum atomic E-state index is 10.9. The van der Waals surface area contributed by atoms with Crippen LogP contribution in [-0.2, 0) is 4.79 Å². The van der Waals surface area contributed by atoms with Crippen molar-refractivity contribution in [3.8, 4) is 0 Å². The lowest BCUT2D eigenvalue weighted by molar-refractivity contribution is -0.118. The molecule has 0 bridgehead atoms. The van der Waals surface area contributed by atoms with Crippen molar-refractivity contribution >= 4 is 5.91 Å². The van der Waals surface area contributed by atoms with E-state index in [1.807, 2.05) is 0 Å². The number of nitrogens with two attached hydrogens (primary N) is 1. The Bertz CT molecular complexity index is 310. The van der Waals surface area contributed by atoms with Gasteiger partial charge in [0.2, 0.25) is 5.91 Å². The summed E-state index contributed by atoms with van der Waals surface area (Å²) in [6, 6.07) is 0. The van der Waals surface area contributed by atoms with Gasteiger partial charge in [0, 0.05) is 21.6 Å². The summed E-state index contributed by atoms with van der Waals surface area (Å²) in [4.78, 5) is 10.9. The molecular weight excluding hydrogens is 166 g/mol. The normalized spacial score (nSPS) is 20.2. The van der Waals surface area contributed by atoms with Gasteiger partial charge < -0.3 is 16.4 Å². The van der Waals surface area contributed by atoms with Crippen molar-refractivity contribution in [1.29, 1.82) is 0 Å². The number of carbonyl (C=O) groups is 1. The van der Waals surface area contributed by atoms with E-state index < -0.39 is 25.3 Å². The Balaban J connectivity index is 4.79. The predicted molar refractivity (Wildman–Crippen MR) is 54.5 cm³/mol. The molecule has 13 heavy (non-hydrogen) atoms. The average Bonchev–Trinajstić information content (AvgIpc) is 2.22. The Kier molecular flexibility index (Phi) is 3.88. The molecule has 0 aromatic rings. The number of hydrogen-bond donors (Lipinski definition) is 3. The fraction of sp³-hybridized carbons (Fsp3) is 0.889. The number of rotatable bonds is 8. The Morgan fingerprint density at radius 1 is 1.46 bits per heavy atom. The molecule has 0 saturated carbocycles. The minimum atomic E-state index is -2.94. The number of hydrogen-bond acceptors (Lipinski definition) is 3. The van der Waals surface area contributed by atoms with Gasteiger partial charge in [-0.1, -0.05) is 0 Å². The van der Waals surface area contributed by atoms with Crippen LogP contribution in [0.15, 0.2) is 0 Å². The lowest BCUT2D eigenvalue weighted by Gasteiger charge is -2.04. The molecule has 0 saturated heterocycles. The molecule has 0 rings (SSSR count). The highest BCUT2D eigenvalue weighted by Crippen LogP contribution is 1.82. The van der Waals surface area contributed by atoms with Crippen LogP contribution in [0.25, 0.3) is 0 Å². The van der Waals surface area contributed by atoms with Crippen LogP contribution in [0.5, 0.6) is 0 Å². The van der Waals surface area contributed by atoms with Gasteiger partial charge in [-0.3, -0.25) is 4.79 Å². The second kappa shape index (κ2) is 9.48. The molecular formula is C9H21N3O. The van der Waals surface area contributed by atoms with Gasteiger partial charge in [0.25, 0.3) is 0 Å². The monoisotopic (exact) mass is 193 g/mol. The molecule has 0 unspecified atom stereocenters. The van der Waals surface area contributed by atoms with Crippen molar-refractivity contribution in [1.82, 2.24) is 10.6 Å². The van der Waals surface area contributed by atoms with Crippen LogP contribution in [-0.4, -0.2) is 32.0 Å². The molecule has 0 aromatic heterocycles. The zero-order valence-corrected chi connectivity index (χ0v) is 7.81. The van der Waals surface area contributed by atoms with Crippen molar-refractivity contribution in [2.75, 3.05) is 26.1 Å². The molecule has 0 aliphatic rings. The highest BCUT2D eigenvalue weighted by molar-refractivity contribution is 5.72. The van der Waals surface area contributed by atoms with Crippen LogP contribution < -0.4 is 16.4 Å². The molecule has 0 spiro atoms. The number of unbranched alkanes of at least 4 members (excludes halogenated alkanes) is 1. The molecule has 0 aromatic carbocycles. The van der Waals surface area contributed by atoms with Crippen LogP contribution in [0.2, 0.25) is 0 Å². The van der Waals surface area contributed by atoms with Gasteiger partial charge in [-0.2, -0.15) is 0 Å². The summed E-state index contributed by atoms with van der Waals surface area (Å²) in [6.07, 6.45) is -1.73. The topological polar surface area (TPSA) is 67.2 Å². The molecule has 0 aliphatic heterocycles. The Morgan fingerprint density at radius 3 is 2.85 bits per heavy atom. The van der Waals surface area contributed by atoms with E-state index in [0.717, 1.165) is 6.92 Å². The van der Waals surface area contributed by atoms with Gasteiger partial charge in [0.15, 0.2) is 0 Å². The van der Waals surface area contributed by atoms with Gasteiger partial charge >= 0.3 is 0 Å². The SMILES string of the molecule is [2H]C([2H])(NCCCCN)C([2H])([2H])C([2H])([2H])NC(C)=O. The van der Waals surface area contributed by atoms with Gasteiger partial charge in [-0.15, -0.1) is 0 Å². The summed E-state index contributed by atoms with van der Waals surface area (Å²) in [7, 11) is 0. The van der Waals surface area contributed by atoms with Crippen LogP contribution in [0, 0.1) is 0 Å². The summed E-state index contributed by atoms with van der Waals surface area (Å²) in [5, 5.41) is 4.11. The fourth-order valence-corrected chi connectivity index (χ4v) is 0.615. The van der Waals surface area contributed by atoms with Crippen molar-refractivity contribution < 1.29 is 13.0 Å². The highest BCUT2D eigenvalue weighted by atomic mass is 16.1. The number of amides is 1.